The van der Waals surface area contributed by atoms with Crippen LogP contribution in [0.2, 0.25) is 0 Å². The third kappa shape index (κ3) is 1.25. The fraction of sp³-hybridized carbons (Fsp3) is 0.364. The lowest BCUT2D eigenvalue weighted by Gasteiger charge is -2.18. The van der Waals surface area contributed by atoms with Gasteiger partial charge >= 0.3 is 0 Å². The first kappa shape index (κ1) is 9.06. The summed E-state index contributed by atoms with van der Waals surface area (Å²) in [6.45, 7) is 6.42. The number of nitrogens with zero attached hydrogens (tertiary/aromatic N) is 2. The molecule has 0 aromatic carbocycles. The summed E-state index contributed by atoms with van der Waals surface area (Å²) in [7, 11) is 0. The first-order chi connectivity index (χ1) is 6.50. The number of rotatable bonds is 0. The molecule has 0 aliphatic rings. The summed E-state index contributed by atoms with van der Waals surface area (Å²) in [6.07, 6.45) is 2.00. The first-order valence-electron chi connectivity index (χ1n) is 4.73. The van der Waals surface area contributed by atoms with Gasteiger partial charge in [0.1, 0.15) is 11.5 Å². The van der Waals surface area contributed by atoms with Crippen LogP contribution >= 0.6 is 0 Å². The van der Waals surface area contributed by atoms with Crippen LogP contribution in [0.25, 0.3) is 5.65 Å². The zero-order chi connectivity index (χ0) is 10.3. The van der Waals surface area contributed by atoms with Gasteiger partial charge in [-0.25, -0.2) is 4.98 Å². The van der Waals surface area contributed by atoms with Crippen molar-refractivity contribution in [3.05, 3.63) is 30.1 Å². The molecule has 2 N–H and O–H groups in total. The van der Waals surface area contributed by atoms with Gasteiger partial charge in [0.15, 0.2) is 0 Å². The molecular weight excluding hydrogens is 174 g/mol. The lowest BCUT2D eigenvalue weighted by Crippen LogP contribution is -2.16. The van der Waals surface area contributed by atoms with E-state index in [1.54, 1.807) is 0 Å². The summed E-state index contributed by atoms with van der Waals surface area (Å²) in [5.74, 6) is 0.628. The van der Waals surface area contributed by atoms with Crippen molar-refractivity contribution in [2.24, 2.45) is 0 Å². The Hall–Kier alpha value is -1.51. The minimum absolute atomic E-state index is 0.0187. The van der Waals surface area contributed by atoms with Crippen LogP contribution < -0.4 is 5.73 Å². The molecule has 2 heterocycles. The van der Waals surface area contributed by atoms with Crippen molar-refractivity contribution in [3.63, 3.8) is 0 Å². The van der Waals surface area contributed by atoms with E-state index in [2.05, 4.69) is 30.2 Å². The molecule has 0 saturated heterocycles. The highest BCUT2D eigenvalue weighted by molar-refractivity contribution is 5.53. The maximum absolute atomic E-state index is 5.91. The topological polar surface area (TPSA) is 43.3 Å². The average molecular weight is 189 g/mol. The second kappa shape index (κ2) is 2.74. The quantitative estimate of drug-likeness (QED) is 0.690. The molecule has 2 aromatic heterocycles. The largest absolute Gasteiger partial charge is 0.382 e. The molecule has 0 unspecified atom stereocenters. The van der Waals surface area contributed by atoms with Crippen LogP contribution in [0.15, 0.2) is 24.4 Å². The molecule has 2 aromatic rings. The van der Waals surface area contributed by atoms with Crippen LogP contribution in [0, 0.1) is 0 Å². The van der Waals surface area contributed by atoms with Crippen molar-refractivity contribution < 1.29 is 0 Å². The molecule has 0 atom stereocenters. The maximum atomic E-state index is 5.91. The molecule has 14 heavy (non-hydrogen) atoms. The average Bonchev–Trinajstić information content (AvgIpc) is 2.38. The van der Waals surface area contributed by atoms with E-state index in [9.17, 15) is 0 Å². The van der Waals surface area contributed by atoms with Crippen LogP contribution in [0.4, 0.5) is 5.82 Å². The molecule has 2 rings (SSSR count). The molecule has 3 heteroatoms. The Morgan fingerprint density at radius 3 is 2.64 bits per heavy atom. The van der Waals surface area contributed by atoms with Gasteiger partial charge < -0.3 is 10.1 Å². The summed E-state index contributed by atoms with van der Waals surface area (Å²) in [4.78, 5) is 4.32. The number of fused-ring (bicyclic) bond motifs is 1. The minimum Gasteiger partial charge on any atom is -0.382 e. The van der Waals surface area contributed by atoms with Crippen LogP contribution in [-0.4, -0.2) is 9.38 Å². The number of hydrogen-bond donors (Lipinski definition) is 1. The molecule has 0 fully saturated rings. The van der Waals surface area contributed by atoms with Gasteiger partial charge in [-0.15, -0.1) is 0 Å². The van der Waals surface area contributed by atoms with Gasteiger partial charge in [-0.3, -0.25) is 0 Å². The fourth-order valence-electron chi connectivity index (χ4n) is 1.76. The van der Waals surface area contributed by atoms with Crippen LogP contribution in [-0.2, 0) is 5.41 Å². The molecule has 74 valence electrons. The zero-order valence-electron chi connectivity index (χ0n) is 8.78. The summed E-state index contributed by atoms with van der Waals surface area (Å²) in [5, 5.41) is 0. The van der Waals surface area contributed by atoms with E-state index in [4.69, 9.17) is 5.73 Å². The lowest BCUT2D eigenvalue weighted by atomic mass is 9.92. The number of nitrogen functional groups attached to an aromatic ring is 1. The van der Waals surface area contributed by atoms with Crippen molar-refractivity contribution >= 4 is 11.5 Å². The van der Waals surface area contributed by atoms with Crippen LogP contribution in [0.5, 0.6) is 0 Å². The van der Waals surface area contributed by atoms with Crippen molar-refractivity contribution in [1.29, 1.82) is 0 Å². The van der Waals surface area contributed by atoms with Crippen LogP contribution in [0.3, 0.4) is 0 Å². The number of aromatic nitrogens is 2. The van der Waals surface area contributed by atoms with E-state index in [0.717, 1.165) is 11.3 Å². The Morgan fingerprint density at radius 1 is 1.29 bits per heavy atom. The highest BCUT2D eigenvalue weighted by Gasteiger charge is 2.22. The molecule has 3 nitrogen and oxygen atoms in total. The van der Waals surface area contributed by atoms with Gasteiger partial charge in [-0.05, 0) is 12.1 Å². The Balaban J connectivity index is 2.81. The Labute approximate surface area is 83.6 Å². The molecule has 0 spiro atoms. The normalized spacial score (nSPS) is 12.2. The summed E-state index contributed by atoms with van der Waals surface area (Å²) in [6, 6.07) is 5.92. The number of anilines is 1. The summed E-state index contributed by atoms with van der Waals surface area (Å²) < 4.78 is 2.05. The lowest BCUT2D eigenvalue weighted by molar-refractivity contribution is 0.566. The predicted octanol–water partition coefficient (Wildman–Crippen LogP) is 2.21. The van der Waals surface area contributed by atoms with Gasteiger partial charge in [-0.1, -0.05) is 26.8 Å². The fourth-order valence-corrected chi connectivity index (χ4v) is 1.76. The number of pyridine rings is 1. The Morgan fingerprint density at radius 2 is 2.00 bits per heavy atom. The second-order valence-electron chi connectivity index (χ2n) is 4.52. The van der Waals surface area contributed by atoms with E-state index < -0.39 is 0 Å². The van der Waals surface area contributed by atoms with E-state index in [-0.39, 0.29) is 5.41 Å². The van der Waals surface area contributed by atoms with E-state index in [1.807, 2.05) is 24.4 Å². The minimum atomic E-state index is 0.0187. The summed E-state index contributed by atoms with van der Waals surface area (Å²) >= 11 is 0. The van der Waals surface area contributed by atoms with Gasteiger partial charge in [-0.2, -0.15) is 0 Å². The van der Waals surface area contributed by atoms with Gasteiger partial charge in [0.2, 0.25) is 0 Å². The highest BCUT2D eigenvalue weighted by atomic mass is 15.1. The molecule has 0 radical (unpaired) electrons. The van der Waals surface area contributed by atoms with E-state index in [1.165, 1.54) is 0 Å². The predicted molar refractivity (Wildman–Crippen MR) is 58.3 cm³/mol. The third-order valence-electron chi connectivity index (χ3n) is 2.27. The molecule has 0 aliphatic carbocycles. The number of imidazole rings is 1. The Kier molecular flexibility index (Phi) is 1.77. The standard InChI is InChI=1S/C11H15N3/c1-11(2,3)9-10(12)13-8-6-4-5-7-14(8)9/h4-7H,12H2,1-3H3. The maximum Gasteiger partial charge on any atom is 0.146 e. The first-order valence-corrected chi connectivity index (χ1v) is 4.73. The highest BCUT2D eigenvalue weighted by Crippen LogP contribution is 2.28. The van der Waals surface area contributed by atoms with E-state index in [0.29, 0.717) is 5.82 Å². The summed E-state index contributed by atoms with van der Waals surface area (Å²) in [5.41, 5.74) is 7.92. The van der Waals surface area contributed by atoms with Crippen molar-refractivity contribution in [2.45, 2.75) is 26.2 Å². The second-order valence-corrected chi connectivity index (χ2v) is 4.52. The Bertz CT molecular complexity index is 463. The smallest absolute Gasteiger partial charge is 0.146 e. The van der Waals surface area contributed by atoms with Crippen molar-refractivity contribution in [2.75, 3.05) is 5.73 Å². The van der Waals surface area contributed by atoms with Crippen molar-refractivity contribution in [3.8, 4) is 0 Å². The number of nitrogens with two attached hydrogens (primary N) is 1. The molecule has 0 amide bonds. The molecule has 0 bridgehead atoms. The van der Waals surface area contributed by atoms with Gasteiger partial charge in [0, 0.05) is 11.6 Å². The molecular formula is C11H15N3. The molecule has 0 aliphatic heterocycles. The SMILES string of the molecule is CC(C)(C)c1c(N)nc2ccccn12. The molecule has 0 saturated carbocycles. The van der Waals surface area contributed by atoms with Gasteiger partial charge in [0.05, 0.1) is 5.69 Å². The number of hydrogen-bond acceptors (Lipinski definition) is 2. The monoisotopic (exact) mass is 189 g/mol. The van der Waals surface area contributed by atoms with Crippen LogP contribution in [0.1, 0.15) is 26.5 Å². The zero-order valence-corrected chi connectivity index (χ0v) is 8.78. The third-order valence-corrected chi connectivity index (χ3v) is 2.27. The van der Waals surface area contributed by atoms with Gasteiger partial charge in [0.25, 0.3) is 0 Å². The van der Waals surface area contributed by atoms with Crippen molar-refractivity contribution in [1.82, 2.24) is 9.38 Å². The van der Waals surface area contributed by atoms with E-state index >= 15 is 0 Å².